The van der Waals surface area contributed by atoms with Crippen LogP contribution in [-0.2, 0) is 32.7 Å². The summed E-state index contributed by atoms with van der Waals surface area (Å²) in [6.45, 7) is 2.46. The van der Waals surface area contributed by atoms with Gasteiger partial charge in [-0.1, -0.05) is 6.07 Å². The van der Waals surface area contributed by atoms with Gasteiger partial charge in [0.2, 0.25) is 5.91 Å². The molecule has 2 heterocycles. The van der Waals surface area contributed by atoms with E-state index in [9.17, 15) is 13.2 Å². The summed E-state index contributed by atoms with van der Waals surface area (Å²) in [5, 5.41) is 2.84. The molecule has 0 spiro atoms. The van der Waals surface area contributed by atoms with Gasteiger partial charge in [0, 0.05) is 39.0 Å². The number of fused-ring (bicyclic) bond motifs is 1. The Morgan fingerprint density at radius 2 is 1.92 bits per heavy atom. The van der Waals surface area contributed by atoms with Crippen LogP contribution in [0.5, 0.6) is 0 Å². The van der Waals surface area contributed by atoms with Gasteiger partial charge in [-0.2, -0.15) is 17.0 Å². The summed E-state index contributed by atoms with van der Waals surface area (Å²) in [7, 11) is -1.83. The van der Waals surface area contributed by atoms with Gasteiger partial charge < -0.3 is 10.1 Å². The first kappa shape index (κ1) is 18.3. The second-order valence-corrected chi connectivity index (χ2v) is 8.40. The van der Waals surface area contributed by atoms with Gasteiger partial charge in [0.15, 0.2) is 0 Å². The van der Waals surface area contributed by atoms with Gasteiger partial charge in [-0.25, -0.2) is 0 Å². The molecule has 1 amide bonds. The lowest BCUT2D eigenvalue weighted by Gasteiger charge is -2.31. The number of amides is 1. The van der Waals surface area contributed by atoms with E-state index in [2.05, 4.69) is 5.32 Å². The normalized spacial score (nSPS) is 18.9. The number of methoxy groups -OCH3 is 1. The molecule has 0 atom stereocenters. The van der Waals surface area contributed by atoms with Crippen LogP contribution in [-0.4, -0.2) is 56.3 Å². The third-order valence-electron chi connectivity index (χ3n) is 4.72. The molecule has 3 rings (SSSR count). The number of rotatable bonds is 6. The summed E-state index contributed by atoms with van der Waals surface area (Å²) in [6.07, 6.45) is 2.85. The van der Waals surface area contributed by atoms with E-state index in [0.717, 1.165) is 24.0 Å². The number of nitrogens with zero attached hydrogens (tertiary/aromatic N) is 2. The van der Waals surface area contributed by atoms with E-state index >= 15 is 0 Å². The van der Waals surface area contributed by atoms with Gasteiger partial charge in [0.05, 0.1) is 13.0 Å². The molecule has 0 radical (unpaired) electrons. The molecule has 0 unspecified atom stereocenters. The maximum absolute atomic E-state index is 12.7. The summed E-state index contributed by atoms with van der Waals surface area (Å²) < 4.78 is 33.5. The Balaban J connectivity index is 1.71. The second kappa shape index (κ2) is 7.82. The Hall–Kier alpha value is -1.48. The van der Waals surface area contributed by atoms with E-state index in [-0.39, 0.29) is 5.91 Å². The van der Waals surface area contributed by atoms with Crippen LogP contribution in [0.1, 0.15) is 30.4 Å². The number of ether oxygens (including phenoxy) is 1. The maximum Gasteiger partial charge on any atom is 0.282 e. The number of nitrogens with one attached hydrogen (secondary N) is 1. The number of carbonyl (C=O) groups is 1. The zero-order valence-corrected chi connectivity index (χ0v) is 15.3. The van der Waals surface area contributed by atoms with Crippen LogP contribution < -0.4 is 5.32 Å². The molecule has 7 nitrogen and oxygen atoms in total. The summed E-state index contributed by atoms with van der Waals surface area (Å²) in [5.74, 6) is -0.112. The average molecular weight is 367 g/mol. The van der Waals surface area contributed by atoms with Crippen molar-refractivity contribution in [3.8, 4) is 0 Å². The predicted molar refractivity (Wildman–Crippen MR) is 95.4 cm³/mol. The van der Waals surface area contributed by atoms with Crippen molar-refractivity contribution in [3.05, 3.63) is 29.3 Å². The minimum absolute atomic E-state index is 0.112. The van der Waals surface area contributed by atoms with Crippen LogP contribution >= 0.6 is 0 Å². The lowest BCUT2D eigenvalue weighted by molar-refractivity contribution is -0.117. The molecule has 1 fully saturated rings. The zero-order valence-electron chi connectivity index (χ0n) is 14.5. The first-order valence-electron chi connectivity index (χ1n) is 8.66. The van der Waals surface area contributed by atoms with Crippen LogP contribution in [0.25, 0.3) is 0 Å². The molecule has 1 aromatic rings. The fourth-order valence-electron chi connectivity index (χ4n) is 3.31. The summed E-state index contributed by atoms with van der Waals surface area (Å²) in [6, 6.07) is 5.72. The lowest BCUT2D eigenvalue weighted by atomic mass is 10.0. The summed E-state index contributed by atoms with van der Waals surface area (Å²) in [4.78, 5) is 11.8. The molecular weight excluding hydrogens is 342 g/mol. The van der Waals surface area contributed by atoms with Gasteiger partial charge in [-0.05, 0) is 42.5 Å². The maximum atomic E-state index is 12.7. The molecule has 25 heavy (non-hydrogen) atoms. The van der Waals surface area contributed by atoms with Gasteiger partial charge >= 0.3 is 0 Å². The highest BCUT2D eigenvalue weighted by atomic mass is 32.2. The highest BCUT2D eigenvalue weighted by Gasteiger charge is 2.33. The predicted octanol–water partition coefficient (Wildman–Crippen LogP) is 1.36. The third kappa shape index (κ3) is 4.20. The van der Waals surface area contributed by atoms with Crippen molar-refractivity contribution in [2.24, 2.45) is 0 Å². The van der Waals surface area contributed by atoms with Crippen molar-refractivity contribution in [2.45, 2.75) is 32.2 Å². The number of carbonyl (C=O) groups excluding carboxylic acids is 1. The number of anilines is 1. The second-order valence-electron chi connectivity index (χ2n) is 6.47. The van der Waals surface area contributed by atoms with Gasteiger partial charge in [0.25, 0.3) is 10.2 Å². The molecule has 1 N–H and O–H groups in total. The smallest absolute Gasteiger partial charge is 0.282 e. The van der Waals surface area contributed by atoms with E-state index in [0.29, 0.717) is 51.3 Å². The van der Waals surface area contributed by atoms with E-state index in [1.165, 1.54) is 0 Å². The monoisotopic (exact) mass is 367 g/mol. The zero-order chi connectivity index (χ0) is 17.9. The first-order chi connectivity index (χ1) is 12.0. The minimum atomic E-state index is -3.39. The number of benzene rings is 1. The van der Waals surface area contributed by atoms with Crippen LogP contribution in [0.2, 0.25) is 0 Å². The van der Waals surface area contributed by atoms with E-state index < -0.39 is 10.2 Å². The fraction of sp³-hybridized carbons (Fsp3) is 0.588. The molecule has 2 aliphatic rings. The Bertz CT molecular complexity index is 729. The summed E-state index contributed by atoms with van der Waals surface area (Å²) >= 11 is 0. The Morgan fingerprint density at radius 1 is 1.16 bits per heavy atom. The SMILES string of the molecule is COCCC(=O)Nc1ccc2c(c1)CN(S(=O)(=O)N1CCCC1)CC2. The van der Waals surface area contributed by atoms with Crippen LogP contribution in [0.3, 0.4) is 0 Å². The molecule has 2 aliphatic heterocycles. The van der Waals surface area contributed by atoms with Crippen LogP contribution in [0, 0.1) is 0 Å². The summed E-state index contributed by atoms with van der Waals surface area (Å²) in [5.41, 5.74) is 2.79. The topological polar surface area (TPSA) is 79.0 Å². The number of hydrogen-bond acceptors (Lipinski definition) is 4. The quantitative estimate of drug-likeness (QED) is 0.823. The molecule has 0 saturated carbocycles. The van der Waals surface area contributed by atoms with Crippen LogP contribution in [0.4, 0.5) is 5.69 Å². The van der Waals surface area contributed by atoms with Crippen molar-refractivity contribution in [1.29, 1.82) is 0 Å². The lowest BCUT2D eigenvalue weighted by Crippen LogP contribution is -2.44. The van der Waals surface area contributed by atoms with Crippen molar-refractivity contribution < 1.29 is 17.9 Å². The van der Waals surface area contributed by atoms with Crippen molar-refractivity contribution >= 4 is 21.8 Å². The first-order valence-corrected chi connectivity index (χ1v) is 10.1. The molecule has 0 aliphatic carbocycles. The number of hydrogen-bond donors (Lipinski definition) is 1. The van der Waals surface area contributed by atoms with E-state index in [1.807, 2.05) is 18.2 Å². The molecule has 0 bridgehead atoms. The Kier molecular flexibility index (Phi) is 5.73. The van der Waals surface area contributed by atoms with Crippen molar-refractivity contribution in [3.63, 3.8) is 0 Å². The fourth-order valence-corrected chi connectivity index (χ4v) is 4.98. The van der Waals surface area contributed by atoms with Crippen molar-refractivity contribution in [1.82, 2.24) is 8.61 Å². The molecule has 138 valence electrons. The van der Waals surface area contributed by atoms with Crippen molar-refractivity contribution in [2.75, 3.05) is 38.7 Å². The molecular formula is C17H25N3O4S. The average Bonchev–Trinajstić information content (AvgIpc) is 3.15. The Labute approximate surface area is 149 Å². The molecule has 0 aromatic heterocycles. The molecule has 1 aromatic carbocycles. The molecule has 8 heteroatoms. The minimum Gasteiger partial charge on any atom is -0.384 e. The largest absolute Gasteiger partial charge is 0.384 e. The Morgan fingerprint density at radius 3 is 2.64 bits per heavy atom. The van der Waals surface area contributed by atoms with E-state index in [4.69, 9.17) is 4.74 Å². The van der Waals surface area contributed by atoms with Gasteiger partial charge in [0.1, 0.15) is 0 Å². The highest BCUT2D eigenvalue weighted by molar-refractivity contribution is 7.86. The van der Waals surface area contributed by atoms with Gasteiger partial charge in [-0.3, -0.25) is 4.79 Å². The standard InChI is InChI=1S/C17H25N3O4S/c1-24-11-7-17(21)18-16-5-4-14-6-10-20(13-15(14)12-16)25(22,23)19-8-2-3-9-19/h4-5,12H,2-3,6-11,13H2,1H3,(H,18,21). The van der Waals surface area contributed by atoms with E-state index in [1.54, 1.807) is 15.7 Å². The van der Waals surface area contributed by atoms with Crippen LogP contribution in [0.15, 0.2) is 18.2 Å². The molecule has 1 saturated heterocycles. The highest BCUT2D eigenvalue weighted by Crippen LogP contribution is 2.26. The third-order valence-corrected chi connectivity index (χ3v) is 6.70. The van der Waals surface area contributed by atoms with Gasteiger partial charge in [-0.15, -0.1) is 0 Å².